The zero-order chi connectivity index (χ0) is 48.0. The Balaban J connectivity index is 1.31. The molecule has 0 radical (unpaired) electrons. The second kappa shape index (κ2) is 23.9. The van der Waals surface area contributed by atoms with Crippen molar-refractivity contribution in [2.45, 2.75) is 80.7 Å². The van der Waals surface area contributed by atoms with Gasteiger partial charge in [0.05, 0.1) is 36.5 Å². The highest BCUT2D eigenvalue weighted by atomic mass is 32.2. The second-order valence-corrected chi connectivity index (χ2v) is 19.0. The maximum atomic E-state index is 15.4. The van der Waals surface area contributed by atoms with Crippen molar-refractivity contribution in [1.29, 1.82) is 5.26 Å². The van der Waals surface area contributed by atoms with Crippen LogP contribution >= 0.6 is 11.8 Å². The number of unbranched alkanes of at least 4 members (excludes halogenated alkanes) is 2. The number of aliphatic hydroxyl groups excluding tert-OH is 2. The van der Waals surface area contributed by atoms with Crippen LogP contribution in [0.3, 0.4) is 0 Å². The van der Waals surface area contributed by atoms with Crippen molar-refractivity contribution in [2.75, 3.05) is 32.2 Å². The highest BCUT2D eigenvalue weighted by molar-refractivity contribution is 7.99. The smallest absolute Gasteiger partial charge is 0.254 e. The van der Waals surface area contributed by atoms with Crippen LogP contribution in [0.2, 0.25) is 0 Å². The Morgan fingerprint density at radius 1 is 0.913 bits per heavy atom. The monoisotopic (exact) mass is 949 g/mol. The summed E-state index contributed by atoms with van der Waals surface area (Å²) in [6, 6.07) is 40.0. The molecule has 12 heteroatoms. The van der Waals surface area contributed by atoms with E-state index in [9.17, 15) is 19.9 Å². The number of hydrogen-bond donors (Lipinski definition) is 2. The molecule has 0 unspecified atom stereocenters. The molecule has 2 N–H and O–H groups in total. The summed E-state index contributed by atoms with van der Waals surface area (Å²) in [6.45, 7) is 5.05. The van der Waals surface area contributed by atoms with Gasteiger partial charge in [-0.15, -0.1) is 18.3 Å². The number of fused-ring (bicyclic) bond motifs is 2. The van der Waals surface area contributed by atoms with Crippen LogP contribution in [0.5, 0.6) is 11.5 Å². The fourth-order valence-electron chi connectivity index (χ4n) is 10.3. The Kier molecular flexibility index (Phi) is 17.0. The maximum absolute atomic E-state index is 15.4. The number of amides is 1. The van der Waals surface area contributed by atoms with Gasteiger partial charge in [0.15, 0.2) is 0 Å². The molecule has 10 nitrogen and oxygen atoms in total. The number of halogens is 1. The van der Waals surface area contributed by atoms with E-state index in [1.807, 2.05) is 60.7 Å². The quantitative estimate of drug-likeness (QED) is 0.0284. The molecule has 2 aliphatic carbocycles. The molecule has 1 fully saturated rings. The molecule has 1 heterocycles. The predicted octanol–water partition coefficient (Wildman–Crippen LogP) is 11.0. The first-order chi connectivity index (χ1) is 33.8. The van der Waals surface area contributed by atoms with E-state index in [4.69, 9.17) is 24.2 Å². The number of benzene rings is 5. The minimum absolute atomic E-state index is 0.00671. The molecule has 1 aliphatic heterocycles. The van der Waals surface area contributed by atoms with E-state index in [1.165, 1.54) is 17.0 Å². The minimum atomic E-state index is -1.53. The lowest BCUT2D eigenvalue weighted by Gasteiger charge is -2.60. The van der Waals surface area contributed by atoms with Gasteiger partial charge in [-0.25, -0.2) is 4.39 Å². The number of allylic oxidation sites excluding steroid dienone is 1. The van der Waals surface area contributed by atoms with Crippen molar-refractivity contribution in [1.82, 2.24) is 4.90 Å². The van der Waals surface area contributed by atoms with Crippen LogP contribution in [0.4, 0.5) is 4.39 Å². The van der Waals surface area contributed by atoms with Crippen LogP contribution in [0, 0.1) is 34.9 Å². The zero-order valence-electron chi connectivity index (χ0n) is 38.8. The molecule has 69 heavy (non-hydrogen) atoms. The number of carbonyl (C=O) groups is 1. The van der Waals surface area contributed by atoms with Crippen LogP contribution in [0.15, 0.2) is 162 Å². The van der Waals surface area contributed by atoms with Crippen molar-refractivity contribution in [3.05, 3.63) is 185 Å². The van der Waals surface area contributed by atoms with Gasteiger partial charge in [0.25, 0.3) is 5.91 Å². The summed E-state index contributed by atoms with van der Waals surface area (Å²) >= 11 is 1.73. The zero-order valence-corrected chi connectivity index (χ0v) is 39.7. The molecule has 3 aliphatic rings. The summed E-state index contributed by atoms with van der Waals surface area (Å²) < 4.78 is 35.7. The molecule has 8 rings (SSSR count). The third kappa shape index (κ3) is 11.6. The molecule has 1 saturated carbocycles. The molecular formula is C57H60FN3O7S. The normalized spacial score (nSPS) is 21.7. The summed E-state index contributed by atoms with van der Waals surface area (Å²) in [5.74, 6) is -0.994. The van der Waals surface area contributed by atoms with Gasteiger partial charge in [-0.05, 0) is 121 Å². The maximum Gasteiger partial charge on any atom is 0.254 e. The molecule has 358 valence electrons. The lowest BCUT2D eigenvalue weighted by molar-refractivity contribution is -0.255. The van der Waals surface area contributed by atoms with E-state index < -0.39 is 23.6 Å². The van der Waals surface area contributed by atoms with E-state index in [2.05, 4.69) is 36.9 Å². The van der Waals surface area contributed by atoms with Crippen molar-refractivity contribution >= 4 is 23.4 Å². The fraction of sp³-hybridized carbons (Fsp3) is 0.351. The SMILES string of the molecule is C=CCO[C@@]12Oc3ccc(OCCSc4ccccc4)cc3[C@H]3[C@H](CCCCO)[C@@H](CCCCO)C=C(C(=NOCc4ccccc4)C[C@@H]1N(Cc1ccc(F)cc1)C(=O)c1ccc(C#N)cc1)[C@H]32. The molecule has 0 spiro atoms. The Morgan fingerprint density at radius 3 is 2.35 bits per heavy atom. The number of aliphatic hydroxyl groups is 2. The van der Waals surface area contributed by atoms with Crippen LogP contribution < -0.4 is 9.47 Å². The largest absolute Gasteiger partial charge is 0.493 e. The molecule has 0 bridgehead atoms. The van der Waals surface area contributed by atoms with Crippen LogP contribution in [0.1, 0.15) is 83.5 Å². The van der Waals surface area contributed by atoms with E-state index in [0.29, 0.717) is 53.3 Å². The van der Waals surface area contributed by atoms with Crippen molar-refractivity contribution in [2.24, 2.45) is 22.9 Å². The number of nitriles is 1. The van der Waals surface area contributed by atoms with E-state index in [0.717, 1.165) is 48.1 Å². The number of carbonyl (C=O) groups excluding carboxylic acids is 1. The number of rotatable bonds is 23. The Bertz CT molecular complexity index is 2590. The van der Waals surface area contributed by atoms with Gasteiger partial charge in [0.1, 0.15) is 30.0 Å². The van der Waals surface area contributed by atoms with Gasteiger partial charge in [-0.2, -0.15) is 5.26 Å². The third-order valence-electron chi connectivity index (χ3n) is 13.4. The predicted molar refractivity (Wildman–Crippen MR) is 266 cm³/mol. The lowest BCUT2D eigenvalue weighted by atomic mass is 9.55. The van der Waals surface area contributed by atoms with E-state index in [-0.39, 0.29) is 63.1 Å². The summed E-state index contributed by atoms with van der Waals surface area (Å²) in [4.78, 5) is 24.6. The Labute approximate surface area is 409 Å². The van der Waals surface area contributed by atoms with Gasteiger partial charge < -0.3 is 34.2 Å². The topological polar surface area (TPSA) is 134 Å². The molecule has 5 aromatic carbocycles. The fourth-order valence-corrected chi connectivity index (χ4v) is 11.0. The first kappa shape index (κ1) is 49.2. The number of ether oxygens (including phenoxy) is 3. The molecule has 6 atom stereocenters. The minimum Gasteiger partial charge on any atom is -0.493 e. The molecule has 5 aromatic rings. The van der Waals surface area contributed by atoms with Gasteiger partial charge >= 0.3 is 0 Å². The standard InChI is InChI=1S/C57H60FN3O7S/c1-2-31-66-57-53(61(38-41-21-25-45(58)26-22-41)56(64)43-23-19-40(37-59)20-24-43)36-51(60-67-39-42-13-5-3-6-14-42)49-34-44(15-9-11-29-62)48(18-10-12-30-63)54(55(49)57)50-35-46(27-28-52(50)68-57)65-32-33-69-47-16-7-4-8-17-47/h2-8,13-14,16-17,19-28,34-35,44,48,53-55,62-63H,1,9-12,15,18,29-33,36,38-39H2/t44-,48+,53-,54+,55+,57+/m0/s1. The van der Waals surface area contributed by atoms with Gasteiger partial charge in [0, 0.05) is 53.9 Å². The van der Waals surface area contributed by atoms with Crippen molar-refractivity contribution in [3.63, 3.8) is 0 Å². The summed E-state index contributed by atoms with van der Waals surface area (Å²) in [7, 11) is 0. The number of nitrogens with zero attached hydrogens (tertiary/aromatic N) is 3. The second-order valence-electron chi connectivity index (χ2n) is 17.8. The molecule has 0 aromatic heterocycles. The van der Waals surface area contributed by atoms with Gasteiger partial charge in [-0.3, -0.25) is 4.79 Å². The van der Waals surface area contributed by atoms with Crippen LogP contribution in [-0.4, -0.2) is 70.7 Å². The highest BCUT2D eigenvalue weighted by Gasteiger charge is 2.65. The van der Waals surface area contributed by atoms with Crippen LogP contribution in [0.25, 0.3) is 0 Å². The third-order valence-corrected chi connectivity index (χ3v) is 14.4. The molecule has 0 saturated heterocycles. The van der Waals surface area contributed by atoms with Gasteiger partial charge in [0.2, 0.25) is 5.79 Å². The summed E-state index contributed by atoms with van der Waals surface area (Å²) in [5, 5.41) is 34.7. The van der Waals surface area contributed by atoms with Crippen molar-refractivity contribution in [3.8, 4) is 17.6 Å². The summed E-state index contributed by atoms with van der Waals surface area (Å²) in [6.07, 6.45) is 8.60. The Morgan fingerprint density at radius 2 is 1.64 bits per heavy atom. The highest BCUT2D eigenvalue weighted by Crippen LogP contribution is 2.62. The van der Waals surface area contributed by atoms with E-state index >= 15 is 4.79 Å². The molecule has 1 amide bonds. The first-order valence-electron chi connectivity index (χ1n) is 24.0. The lowest BCUT2D eigenvalue weighted by Crippen LogP contribution is -2.70. The van der Waals surface area contributed by atoms with Crippen molar-refractivity contribution < 1.29 is 38.4 Å². The number of hydrogen-bond acceptors (Lipinski definition) is 10. The van der Waals surface area contributed by atoms with Gasteiger partial charge in [-0.1, -0.05) is 90.8 Å². The van der Waals surface area contributed by atoms with E-state index in [1.54, 1.807) is 59.1 Å². The summed E-state index contributed by atoms with van der Waals surface area (Å²) in [5.41, 5.74) is 4.90. The average Bonchev–Trinajstić information content (AvgIpc) is 3.38. The first-order valence-corrected chi connectivity index (χ1v) is 24.9. The molecular weight excluding hydrogens is 890 g/mol. The Hall–Kier alpha value is -6.23. The number of oxime groups is 1. The van der Waals surface area contributed by atoms with Crippen LogP contribution in [-0.2, 0) is 22.7 Å². The number of thioether (sulfide) groups is 1. The average molecular weight is 950 g/mol.